The molecule has 1 saturated heterocycles. The first kappa shape index (κ1) is 24.1. The Morgan fingerprint density at radius 3 is 2.54 bits per heavy atom. The molecule has 0 saturated carbocycles. The fraction of sp³-hybridized carbons (Fsp3) is 0.296. The molecule has 2 atom stereocenters. The number of hydrogen-bond acceptors (Lipinski definition) is 5. The van der Waals surface area contributed by atoms with Gasteiger partial charge in [-0.15, -0.1) is 0 Å². The van der Waals surface area contributed by atoms with Gasteiger partial charge in [0.1, 0.15) is 0 Å². The van der Waals surface area contributed by atoms with E-state index in [9.17, 15) is 14.4 Å². The third-order valence-corrected chi connectivity index (χ3v) is 5.79. The summed E-state index contributed by atoms with van der Waals surface area (Å²) in [6.07, 6.45) is 0.858. The highest BCUT2D eigenvalue weighted by Crippen LogP contribution is 2.35. The van der Waals surface area contributed by atoms with Crippen LogP contribution in [0.15, 0.2) is 77.4 Å². The van der Waals surface area contributed by atoms with Crippen molar-refractivity contribution in [1.29, 1.82) is 0 Å². The number of cyclic esters (lactones) is 1. The van der Waals surface area contributed by atoms with E-state index in [1.165, 1.54) is 11.2 Å². The highest BCUT2D eigenvalue weighted by Gasteiger charge is 2.47. The zero-order valence-corrected chi connectivity index (χ0v) is 19.8. The summed E-state index contributed by atoms with van der Waals surface area (Å²) in [5.74, 6) is -0.0618. The lowest BCUT2D eigenvalue weighted by Gasteiger charge is -2.24. The molecule has 0 radical (unpaired) electrons. The van der Waals surface area contributed by atoms with Crippen LogP contribution in [0.25, 0.3) is 0 Å². The molecule has 3 aromatic rings. The molecule has 0 spiro atoms. The van der Waals surface area contributed by atoms with Crippen LogP contribution in [-0.2, 0) is 16.1 Å². The monoisotopic (exact) mass is 475 g/mol. The Bertz CT molecular complexity index is 1160. The third-order valence-electron chi connectivity index (χ3n) is 5.79. The Balaban J connectivity index is 1.58. The minimum absolute atomic E-state index is 0.180. The average Bonchev–Trinajstić information content (AvgIpc) is 3.49. The van der Waals surface area contributed by atoms with Gasteiger partial charge in [0, 0.05) is 12.2 Å². The molecule has 8 heteroatoms. The Kier molecular flexibility index (Phi) is 7.50. The number of carbonyl (C=O) groups excluding carboxylic acids is 3. The maximum atomic E-state index is 13.3. The molecule has 1 aromatic heterocycles. The van der Waals surface area contributed by atoms with Crippen molar-refractivity contribution >= 4 is 23.6 Å². The van der Waals surface area contributed by atoms with Crippen molar-refractivity contribution in [3.8, 4) is 0 Å². The smallest absolute Gasteiger partial charge is 0.411 e. The van der Waals surface area contributed by atoms with Crippen LogP contribution in [0, 0.1) is 5.92 Å². The van der Waals surface area contributed by atoms with E-state index >= 15 is 0 Å². The Morgan fingerprint density at radius 2 is 1.83 bits per heavy atom. The molecule has 0 aliphatic carbocycles. The number of rotatable bonds is 9. The Hall–Kier alpha value is -4.07. The van der Waals surface area contributed by atoms with Gasteiger partial charge in [-0.3, -0.25) is 14.5 Å². The van der Waals surface area contributed by atoms with Gasteiger partial charge in [-0.2, -0.15) is 0 Å². The minimum atomic E-state index is -0.856. The first-order valence-corrected chi connectivity index (χ1v) is 11.7. The predicted octanol–water partition coefficient (Wildman–Crippen LogP) is 4.76. The van der Waals surface area contributed by atoms with E-state index in [4.69, 9.17) is 9.15 Å². The molecule has 0 bridgehead atoms. The fourth-order valence-electron chi connectivity index (χ4n) is 3.97. The van der Waals surface area contributed by atoms with E-state index in [1.54, 1.807) is 36.4 Å². The van der Waals surface area contributed by atoms with Gasteiger partial charge in [0.15, 0.2) is 17.9 Å². The molecule has 3 amide bonds. The van der Waals surface area contributed by atoms with Gasteiger partial charge in [0.2, 0.25) is 5.91 Å². The number of nitrogens with zero attached hydrogens (tertiary/aromatic N) is 1. The van der Waals surface area contributed by atoms with Crippen LogP contribution >= 0.6 is 0 Å². The topological polar surface area (TPSA) is 101 Å². The normalized spacial score (nSPS) is 17.3. The van der Waals surface area contributed by atoms with Crippen molar-refractivity contribution in [2.24, 2.45) is 5.92 Å². The van der Waals surface area contributed by atoms with E-state index in [0.717, 1.165) is 12.0 Å². The lowest BCUT2D eigenvalue weighted by Crippen LogP contribution is -2.46. The molecule has 1 fully saturated rings. The van der Waals surface area contributed by atoms with Gasteiger partial charge in [-0.25, -0.2) is 4.79 Å². The lowest BCUT2D eigenvalue weighted by atomic mass is 10.00. The fourth-order valence-corrected chi connectivity index (χ4v) is 3.97. The predicted molar refractivity (Wildman–Crippen MR) is 131 cm³/mol. The van der Waals surface area contributed by atoms with Gasteiger partial charge in [0.05, 0.1) is 12.8 Å². The molecule has 1 aliphatic heterocycles. The summed E-state index contributed by atoms with van der Waals surface area (Å²) in [7, 11) is 0. The van der Waals surface area contributed by atoms with Crippen molar-refractivity contribution in [3.05, 3.63) is 89.9 Å². The highest BCUT2D eigenvalue weighted by molar-refractivity contribution is 6.02. The summed E-state index contributed by atoms with van der Waals surface area (Å²) >= 11 is 0. The van der Waals surface area contributed by atoms with E-state index in [0.29, 0.717) is 23.7 Å². The second-order valence-corrected chi connectivity index (χ2v) is 8.89. The number of carbonyl (C=O) groups is 3. The van der Waals surface area contributed by atoms with Gasteiger partial charge in [0.25, 0.3) is 5.91 Å². The first-order valence-electron chi connectivity index (χ1n) is 11.7. The first-order chi connectivity index (χ1) is 16.9. The SMILES string of the molecule is CC(C)CCNC(=O)C1C(c2cccc(NC(=O)c3ccco3)c2)OC(=O)N1Cc1ccccc1. The van der Waals surface area contributed by atoms with Gasteiger partial charge in [-0.1, -0.05) is 56.3 Å². The maximum absolute atomic E-state index is 13.3. The molecule has 4 rings (SSSR count). The third kappa shape index (κ3) is 5.90. The molecule has 2 N–H and O–H groups in total. The zero-order valence-electron chi connectivity index (χ0n) is 19.8. The van der Waals surface area contributed by atoms with E-state index < -0.39 is 24.1 Å². The molecule has 2 unspecified atom stereocenters. The van der Waals surface area contributed by atoms with Gasteiger partial charge in [-0.05, 0) is 47.7 Å². The van der Waals surface area contributed by atoms with Crippen LogP contribution in [-0.4, -0.2) is 35.4 Å². The number of nitrogens with one attached hydrogen (secondary N) is 2. The standard InChI is InChI=1S/C27H29N3O5/c1-18(2)13-14-28-26(32)23-24(35-27(33)30(23)17-19-8-4-3-5-9-19)20-10-6-11-21(16-20)29-25(31)22-12-7-15-34-22/h3-12,15-16,18,23-24H,13-14,17H2,1-2H3,(H,28,32)(H,29,31). The molecule has 35 heavy (non-hydrogen) atoms. The summed E-state index contributed by atoms with van der Waals surface area (Å²) in [5, 5.41) is 5.74. The van der Waals surface area contributed by atoms with Crippen molar-refractivity contribution in [3.63, 3.8) is 0 Å². The number of benzene rings is 2. The molecule has 1 aliphatic rings. The maximum Gasteiger partial charge on any atom is 0.411 e. The van der Waals surface area contributed by atoms with E-state index in [2.05, 4.69) is 24.5 Å². The van der Waals surface area contributed by atoms with Crippen LogP contribution in [0.1, 0.15) is 48.1 Å². The molecule has 2 heterocycles. The molecule has 2 aromatic carbocycles. The van der Waals surface area contributed by atoms with Crippen LogP contribution in [0.5, 0.6) is 0 Å². The van der Waals surface area contributed by atoms with Crippen molar-refractivity contribution in [2.75, 3.05) is 11.9 Å². The number of furan rings is 1. The largest absolute Gasteiger partial charge is 0.459 e. The number of anilines is 1. The average molecular weight is 476 g/mol. The van der Waals surface area contributed by atoms with Crippen LogP contribution < -0.4 is 10.6 Å². The van der Waals surface area contributed by atoms with E-state index in [-0.39, 0.29) is 18.2 Å². The lowest BCUT2D eigenvalue weighted by molar-refractivity contribution is -0.126. The van der Waals surface area contributed by atoms with Crippen molar-refractivity contribution in [2.45, 2.75) is 39.0 Å². The highest BCUT2D eigenvalue weighted by atomic mass is 16.6. The van der Waals surface area contributed by atoms with Crippen LogP contribution in [0.2, 0.25) is 0 Å². The zero-order chi connectivity index (χ0) is 24.8. The van der Waals surface area contributed by atoms with Gasteiger partial charge >= 0.3 is 6.09 Å². The molecule has 182 valence electrons. The van der Waals surface area contributed by atoms with Crippen LogP contribution in [0.3, 0.4) is 0 Å². The summed E-state index contributed by atoms with van der Waals surface area (Å²) in [5.41, 5.74) is 2.00. The second-order valence-electron chi connectivity index (χ2n) is 8.89. The molecular formula is C27H29N3O5. The quantitative estimate of drug-likeness (QED) is 0.465. The Morgan fingerprint density at radius 1 is 1.03 bits per heavy atom. The molecule has 8 nitrogen and oxygen atoms in total. The number of hydrogen-bond donors (Lipinski definition) is 2. The van der Waals surface area contributed by atoms with Gasteiger partial charge < -0.3 is 19.8 Å². The number of ether oxygens (including phenoxy) is 1. The molecular weight excluding hydrogens is 446 g/mol. The minimum Gasteiger partial charge on any atom is -0.459 e. The summed E-state index contributed by atoms with van der Waals surface area (Å²) in [6.45, 7) is 4.92. The summed E-state index contributed by atoms with van der Waals surface area (Å²) < 4.78 is 10.9. The van der Waals surface area contributed by atoms with Crippen molar-refractivity contribution < 1.29 is 23.5 Å². The summed E-state index contributed by atoms with van der Waals surface area (Å²) in [4.78, 5) is 40.1. The second kappa shape index (κ2) is 10.9. The van der Waals surface area contributed by atoms with E-state index in [1.807, 2.05) is 30.3 Å². The van der Waals surface area contributed by atoms with Crippen LogP contribution in [0.4, 0.5) is 10.5 Å². The number of amides is 3. The van der Waals surface area contributed by atoms with Crippen molar-refractivity contribution in [1.82, 2.24) is 10.2 Å². The summed E-state index contributed by atoms with van der Waals surface area (Å²) in [6, 6.07) is 18.8. The Labute approximate surface area is 204 Å².